The van der Waals surface area contributed by atoms with Gasteiger partial charge >= 0.3 is 0 Å². The summed E-state index contributed by atoms with van der Waals surface area (Å²) in [7, 11) is 0. The van der Waals surface area contributed by atoms with Gasteiger partial charge in [-0.25, -0.2) is 0 Å². The van der Waals surface area contributed by atoms with Gasteiger partial charge in [0, 0.05) is 25.3 Å². The van der Waals surface area contributed by atoms with E-state index in [1.165, 1.54) is 16.8 Å². The molecule has 0 spiro atoms. The number of amides is 1. The minimum atomic E-state index is 0.287. The lowest BCUT2D eigenvalue weighted by atomic mass is 9.90. The Morgan fingerprint density at radius 2 is 1.64 bits per heavy atom. The predicted octanol–water partition coefficient (Wildman–Crippen LogP) is 3.53. The molecule has 130 valence electrons. The summed E-state index contributed by atoms with van der Waals surface area (Å²) in [5.74, 6) is 0.994. The van der Waals surface area contributed by atoms with Crippen LogP contribution in [0.5, 0.6) is 0 Å². The first-order chi connectivity index (χ1) is 12.3. The van der Waals surface area contributed by atoms with Gasteiger partial charge in [0.15, 0.2) is 0 Å². The Labute approximate surface area is 150 Å². The van der Waals surface area contributed by atoms with E-state index in [-0.39, 0.29) is 5.91 Å². The second-order valence-electron chi connectivity index (χ2n) is 7.31. The van der Waals surface area contributed by atoms with Gasteiger partial charge in [0.2, 0.25) is 5.91 Å². The number of carbonyl (C=O) groups excluding carboxylic acids is 1. The summed E-state index contributed by atoms with van der Waals surface area (Å²) >= 11 is 0. The maximum absolute atomic E-state index is 12.7. The topological polar surface area (TPSA) is 23.6 Å². The van der Waals surface area contributed by atoms with E-state index in [0.717, 1.165) is 45.3 Å². The number of rotatable bonds is 4. The fraction of sp³-hybridized carbons (Fsp3) is 0.409. The van der Waals surface area contributed by atoms with Gasteiger partial charge < -0.3 is 9.80 Å². The molecule has 0 radical (unpaired) electrons. The van der Waals surface area contributed by atoms with Crippen LogP contribution in [0.1, 0.15) is 24.0 Å². The Kier molecular flexibility index (Phi) is 4.73. The third-order valence-electron chi connectivity index (χ3n) is 5.64. The molecule has 1 amide bonds. The SMILES string of the molecule is O=C(CN1CCc2ccccc21)N1CCC(Cc2ccccc2)CC1. The highest BCUT2D eigenvalue weighted by Crippen LogP contribution is 2.28. The van der Waals surface area contributed by atoms with E-state index in [4.69, 9.17) is 0 Å². The van der Waals surface area contributed by atoms with Crippen molar-refractivity contribution in [3.05, 3.63) is 65.7 Å². The number of hydrogen-bond acceptors (Lipinski definition) is 2. The van der Waals surface area contributed by atoms with Gasteiger partial charge in [0.1, 0.15) is 0 Å². The largest absolute Gasteiger partial charge is 0.362 e. The summed E-state index contributed by atoms with van der Waals surface area (Å²) in [5.41, 5.74) is 4.03. The number of carbonyl (C=O) groups is 1. The number of anilines is 1. The summed E-state index contributed by atoms with van der Waals surface area (Å²) in [6.45, 7) is 3.31. The van der Waals surface area contributed by atoms with Crippen LogP contribution in [0, 0.1) is 5.92 Å². The maximum Gasteiger partial charge on any atom is 0.242 e. The molecule has 1 fully saturated rings. The molecule has 0 aliphatic carbocycles. The molecule has 0 saturated carbocycles. The summed E-state index contributed by atoms with van der Waals surface area (Å²) in [4.78, 5) is 17.0. The minimum Gasteiger partial charge on any atom is -0.362 e. The first-order valence-electron chi connectivity index (χ1n) is 9.44. The smallest absolute Gasteiger partial charge is 0.242 e. The lowest BCUT2D eigenvalue weighted by molar-refractivity contribution is -0.131. The van der Waals surface area contributed by atoms with Crippen LogP contribution in [0.2, 0.25) is 0 Å². The molecule has 3 heteroatoms. The van der Waals surface area contributed by atoms with Crippen LogP contribution in [0.15, 0.2) is 54.6 Å². The summed E-state index contributed by atoms with van der Waals surface area (Å²) in [6.07, 6.45) is 4.44. The van der Waals surface area contributed by atoms with Crippen LogP contribution < -0.4 is 4.90 Å². The van der Waals surface area contributed by atoms with E-state index in [2.05, 4.69) is 64.4 Å². The van der Waals surface area contributed by atoms with Gasteiger partial charge in [-0.3, -0.25) is 4.79 Å². The molecule has 2 aliphatic heterocycles. The number of likely N-dealkylation sites (tertiary alicyclic amines) is 1. The fourth-order valence-corrected chi connectivity index (χ4v) is 4.17. The minimum absolute atomic E-state index is 0.287. The number of para-hydroxylation sites is 1. The van der Waals surface area contributed by atoms with Crippen molar-refractivity contribution in [1.82, 2.24) is 4.90 Å². The monoisotopic (exact) mass is 334 g/mol. The lowest BCUT2D eigenvalue weighted by Crippen LogP contribution is -2.44. The van der Waals surface area contributed by atoms with Crippen molar-refractivity contribution in [3.8, 4) is 0 Å². The molecule has 4 rings (SSSR count). The molecule has 1 saturated heterocycles. The third-order valence-corrected chi connectivity index (χ3v) is 5.64. The molecule has 0 atom stereocenters. The van der Waals surface area contributed by atoms with E-state index in [1.807, 2.05) is 0 Å². The Morgan fingerprint density at radius 1 is 0.920 bits per heavy atom. The highest BCUT2D eigenvalue weighted by Gasteiger charge is 2.26. The van der Waals surface area contributed by atoms with E-state index in [1.54, 1.807) is 0 Å². The first kappa shape index (κ1) is 16.2. The van der Waals surface area contributed by atoms with Gasteiger partial charge in [0.05, 0.1) is 6.54 Å². The highest BCUT2D eigenvalue weighted by molar-refractivity contribution is 5.82. The molecule has 2 aromatic rings. The summed E-state index contributed by atoms with van der Waals surface area (Å²) < 4.78 is 0. The zero-order valence-corrected chi connectivity index (χ0v) is 14.7. The van der Waals surface area contributed by atoms with E-state index in [0.29, 0.717) is 12.5 Å². The average Bonchev–Trinajstić information content (AvgIpc) is 3.06. The first-order valence-corrected chi connectivity index (χ1v) is 9.44. The molecular weight excluding hydrogens is 308 g/mol. The Bertz CT molecular complexity index is 720. The zero-order valence-electron chi connectivity index (χ0n) is 14.7. The molecule has 3 nitrogen and oxygen atoms in total. The molecule has 2 aromatic carbocycles. The van der Waals surface area contributed by atoms with Crippen molar-refractivity contribution in [3.63, 3.8) is 0 Å². The summed E-state index contributed by atoms with van der Waals surface area (Å²) in [5, 5.41) is 0. The second kappa shape index (κ2) is 7.30. The molecule has 0 aromatic heterocycles. The Hall–Kier alpha value is -2.29. The quantitative estimate of drug-likeness (QED) is 0.854. The molecule has 0 N–H and O–H groups in total. The van der Waals surface area contributed by atoms with Crippen molar-refractivity contribution < 1.29 is 4.79 Å². The van der Waals surface area contributed by atoms with Gasteiger partial charge in [0.25, 0.3) is 0 Å². The molecule has 0 unspecified atom stereocenters. The van der Waals surface area contributed by atoms with Gasteiger partial charge in [-0.1, -0.05) is 48.5 Å². The Morgan fingerprint density at radius 3 is 2.44 bits per heavy atom. The number of hydrogen-bond donors (Lipinski definition) is 0. The number of nitrogens with zero attached hydrogens (tertiary/aromatic N) is 2. The van der Waals surface area contributed by atoms with Crippen LogP contribution in [0.4, 0.5) is 5.69 Å². The lowest BCUT2D eigenvalue weighted by Gasteiger charge is -2.33. The van der Waals surface area contributed by atoms with Crippen LogP contribution in [0.3, 0.4) is 0 Å². The molecule has 25 heavy (non-hydrogen) atoms. The molecule has 0 bridgehead atoms. The molecular formula is C22H26N2O. The van der Waals surface area contributed by atoms with Crippen molar-refractivity contribution in [2.75, 3.05) is 31.1 Å². The average molecular weight is 334 g/mol. The fourth-order valence-electron chi connectivity index (χ4n) is 4.17. The van der Waals surface area contributed by atoms with Crippen LogP contribution >= 0.6 is 0 Å². The van der Waals surface area contributed by atoms with E-state index < -0.39 is 0 Å². The number of piperidine rings is 1. The standard InChI is InChI=1S/C22H26N2O/c25-22(17-24-15-12-20-8-4-5-9-21(20)24)23-13-10-19(11-14-23)16-18-6-2-1-3-7-18/h1-9,19H,10-17H2. The van der Waals surface area contributed by atoms with Crippen molar-refractivity contribution in [2.24, 2.45) is 5.92 Å². The van der Waals surface area contributed by atoms with Crippen molar-refractivity contribution in [1.29, 1.82) is 0 Å². The van der Waals surface area contributed by atoms with E-state index in [9.17, 15) is 4.79 Å². The second-order valence-corrected chi connectivity index (χ2v) is 7.31. The number of fused-ring (bicyclic) bond motifs is 1. The van der Waals surface area contributed by atoms with E-state index >= 15 is 0 Å². The maximum atomic E-state index is 12.7. The zero-order chi connectivity index (χ0) is 17.1. The summed E-state index contributed by atoms with van der Waals surface area (Å²) in [6, 6.07) is 19.2. The van der Waals surface area contributed by atoms with Crippen LogP contribution in [-0.2, 0) is 17.6 Å². The predicted molar refractivity (Wildman–Crippen MR) is 102 cm³/mol. The van der Waals surface area contributed by atoms with Crippen molar-refractivity contribution >= 4 is 11.6 Å². The highest BCUT2D eigenvalue weighted by atomic mass is 16.2. The Balaban J connectivity index is 1.29. The van der Waals surface area contributed by atoms with Crippen molar-refractivity contribution in [2.45, 2.75) is 25.7 Å². The van der Waals surface area contributed by atoms with Crippen LogP contribution in [-0.4, -0.2) is 37.0 Å². The van der Waals surface area contributed by atoms with Gasteiger partial charge in [-0.2, -0.15) is 0 Å². The van der Waals surface area contributed by atoms with Gasteiger partial charge in [-0.15, -0.1) is 0 Å². The normalized spacial score (nSPS) is 17.6. The van der Waals surface area contributed by atoms with Gasteiger partial charge in [-0.05, 0) is 48.8 Å². The molecule has 2 aliphatic rings. The number of benzene rings is 2. The molecule has 2 heterocycles. The van der Waals surface area contributed by atoms with Crippen LogP contribution in [0.25, 0.3) is 0 Å². The third kappa shape index (κ3) is 3.71.